The number of hydrogen-bond acceptors (Lipinski definition) is 3. The lowest BCUT2D eigenvalue weighted by Gasteiger charge is -2.11. The molecule has 1 aromatic carbocycles. The van der Waals surface area contributed by atoms with Crippen LogP contribution >= 0.6 is 15.9 Å². The molecule has 0 aliphatic rings. The molecule has 0 atom stereocenters. The molecule has 2 N–H and O–H groups in total. The second kappa shape index (κ2) is 5.96. The van der Waals surface area contributed by atoms with E-state index >= 15 is 0 Å². The van der Waals surface area contributed by atoms with Crippen molar-refractivity contribution in [1.82, 2.24) is 9.97 Å². The monoisotopic (exact) mass is 371 g/mol. The van der Waals surface area contributed by atoms with Crippen LogP contribution in [0, 0.1) is 13.8 Å². The molecule has 3 rings (SSSR count). The molecular weight excluding hydrogens is 358 g/mol. The predicted octanol–water partition coefficient (Wildman–Crippen LogP) is 3.55. The van der Waals surface area contributed by atoms with Gasteiger partial charge in [-0.15, -0.1) is 0 Å². The molecule has 0 bridgehead atoms. The molecular formula is C17H14BrN3O2. The van der Waals surface area contributed by atoms with Gasteiger partial charge in [0.25, 0.3) is 5.91 Å². The number of aryl methyl sites for hydroxylation is 2. The minimum Gasteiger partial charge on any atom is -0.322 e. The summed E-state index contributed by atoms with van der Waals surface area (Å²) in [7, 11) is 0. The van der Waals surface area contributed by atoms with Gasteiger partial charge < -0.3 is 10.3 Å². The van der Waals surface area contributed by atoms with Crippen LogP contribution in [0.25, 0.3) is 10.9 Å². The SMILES string of the molecule is Cc1cc(=O)[nH]c2c(C)cc(NC(=O)c3cccnc3Br)cc12. The number of benzene rings is 1. The van der Waals surface area contributed by atoms with Gasteiger partial charge in [-0.3, -0.25) is 9.59 Å². The molecule has 0 radical (unpaired) electrons. The van der Waals surface area contributed by atoms with Crippen molar-refractivity contribution in [3.05, 3.63) is 68.2 Å². The molecule has 0 aliphatic carbocycles. The van der Waals surface area contributed by atoms with Crippen LogP contribution in [0.1, 0.15) is 21.5 Å². The largest absolute Gasteiger partial charge is 0.322 e. The minimum absolute atomic E-state index is 0.130. The number of pyridine rings is 2. The van der Waals surface area contributed by atoms with Gasteiger partial charge in [0, 0.05) is 23.3 Å². The van der Waals surface area contributed by atoms with E-state index in [0.717, 1.165) is 22.0 Å². The van der Waals surface area contributed by atoms with Crippen molar-refractivity contribution in [2.75, 3.05) is 5.32 Å². The van der Waals surface area contributed by atoms with E-state index in [1.807, 2.05) is 26.0 Å². The van der Waals surface area contributed by atoms with Crippen molar-refractivity contribution in [2.45, 2.75) is 13.8 Å². The fourth-order valence-electron chi connectivity index (χ4n) is 2.52. The molecule has 0 saturated carbocycles. The highest BCUT2D eigenvalue weighted by Gasteiger charge is 2.12. The maximum atomic E-state index is 12.4. The maximum Gasteiger partial charge on any atom is 0.258 e. The highest BCUT2D eigenvalue weighted by atomic mass is 79.9. The minimum atomic E-state index is -0.245. The molecule has 3 aromatic rings. The van der Waals surface area contributed by atoms with Crippen molar-refractivity contribution in [3.63, 3.8) is 0 Å². The van der Waals surface area contributed by atoms with Crippen molar-refractivity contribution >= 4 is 38.4 Å². The number of halogens is 1. The van der Waals surface area contributed by atoms with Gasteiger partial charge in [-0.25, -0.2) is 4.98 Å². The summed E-state index contributed by atoms with van der Waals surface area (Å²) in [6.45, 7) is 3.77. The number of aromatic amines is 1. The van der Waals surface area contributed by atoms with E-state index in [2.05, 4.69) is 31.2 Å². The number of carbonyl (C=O) groups is 1. The fraction of sp³-hybridized carbons (Fsp3) is 0.118. The van der Waals surface area contributed by atoms with Gasteiger partial charge in [-0.1, -0.05) is 0 Å². The Morgan fingerprint density at radius 2 is 2.00 bits per heavy atom. The first kappa shape index (κ1) is 15.4. The standard InChI is InChI=1S/C17H14BrN3O2/c1-9-7-14(22)21-15-10(2)6-11(8-13(9)15)20-17(23)12-4-3-5-19-16(12)18/h3-8H,1-2H3,(H,20,23)(H,21,22). The normalized spacial score (nSPS) is 10.7. The van der Waals surface area contributed by atoms with Gasteiger partial charge in [0.15, 0.2) is 0 Å². The van der Waals surface area contributed by atoms with Crippen LogP contribution in [-0.2, 0) is 0 Å². The van der Waals surface area contributed by atoms with Crippen LogP contribution in [-0.4, -0.2) is 15.9 Å². The number of nitrogens with zero attached hydrogens (tertiary/aromatic N) is 1. The predicted molar refractivity (Wildman–Crippen MR) is 93.9 cm³/mol. The first-order valence-electron chi connectivity index (χ1n) is 7.02. The maximum absolute atomic E-state index is 12.4. The van der Waals surface area contributed by atoms with E-state index in [1.165, 1.54) is 0 Å². The smallest absolute Gasteiger partial charge is 0.258 e. The van der Waals surface area contributed by atoms with Crippen LogP contribution in [0.5, 0.6) is 0 Å². The second-order valence-corrected chi connectivity index (χ2v) is 6.08. The Morgan fingerprint density at radius 1 is 1.22 bits per heavy atom. The zero-order chi connectivity index (χ0) is 16.6. The number of hydrogen-bond donors (Lipinski definition) is 2. The van der Waals surface area contributed by atoms with E-state index in [4.69, 9.17) is 0 Å². The van der Waals surface area contributed by atoms with Gasteiger partial charge in [0.2, 0.25) is 5.56 Å². The molecule has 23 heavy (non-hydrogen) atoms. The summed E-state index contributed by atoms with van der Waals surface area (Å²) in [6.07, 6.45) is 1.61. The van der Waals surface area contributed by atoms with Crippen LogP contribution < -0.4 is 10.9 Å². The summed E-state index contributed by atoms with van der Waals surface area (Å²) in [5, 5.41) is 3.78. The average molecular weight is 372 g/mol. The third kappa shape index (κ3) is 3.03. The molecule has 2 heterocycles. The van der Waals surface area contributed by atoms with Crippen LogP contribution in [0.15, 0.2) is 45.9 Å². The molecule has 0 spiro atoms. The number of H-pyrrole nitrogens is 1. The topological polar surface area (TPSA) is 74.8 Å². The van der Waals surface area contributed by atoms with E-state index in [-0.39, 0.29) is 11.5 Å². The van der Waals surface area contributed by atoms with Gasteiger partial charge >= 0.3 is 0 Å². The molecule has 5 nitrogen and oxygen atoms in total. The molecule has 116 valence electrons. The summed E-state index contributed by atoms with van der Waals surface area (Å²) in [5.74, 6) is -0.245. The molecule has 2 aromatic heterocycles. The number of aromatic nitrogens is 2. The molecule has 0 unspecified atom stereocenters. The number of carbonyl (C=O) groups excluding carboxylic acids is 1. The molecule has 1 amide bonds. The Balaban J connectivity index is 2.03. The fourth-order valence-corrected chi connectivity index (χ4v) is 2.95. The third-order valence-electron chi connectivity index (χ3n) is 3.62. The molecule has 0 saturated heterocycles. The highest BCUT2D eigenvalue weighted by Crippen LogP contribution is 2.24. The molecule has 0 fully saturated rings. The third-order valence-corrected chi connectivity index (χ3v) is 4.25. The molecule has 6 heteroatoms. The second-order valence-electron chi connectivity index (χ2n) is 5.33. The Bertz CT molecular complexity index is 979. The van der Waals surface area contributed by atoms with Gasteiger partial charge in [0.1, 0.15) is 4.60 Å². The zero-order valence-electron chi connectivity index (χ0n) is 12.6. The first-order valence-corrected chi connectivity index (χ1v) is 7.81. The Hall–Kier alpha value is -2.47. The van der Waals surface area contributed by atoms with Gasteiger partial charge in [-0.05, 0) is 65.2 Å². The van der Waals surface area contributed by atoms with Crippen molar-refractivity contribution in [3.8, 4) is 0 Å². The number of amides is 1. The summed E-state index contributed by atoms with van der Waals surface area (Å²) < 4.78 is 0.496. The lowest BCUT2D eigenvalue weighted by molar-refractivity contribution is 0.102. The average Bonchev–Trinajstić information content (AvgIpc) is 2.49. The Labute approximate surface area is 140 Å². The van der Waals surface area contributed by atoms with E-state index in [1.54, 1.807) is 24.4 Å². The summed E-state index contributed by atoms with van der Waals surface area (Å²) in [6, 6.07) is 8.64. The van der Waals surface area contributed by atoms with Gasteiger partial charge in [-0.2, -0.15) is 0 Å². The lowest BCUT2D eigenvalue weighted by atomic mass is 10.1. The summed E-state index contributed by atoms with van der Waals surface area (Å²) >= 11 is 3.27. The van der Waals surface area contributed by atoms with Crippen LogP contribution in [0.4, 0.5) is 5.69 Å². The highest BCUT2D eigenvalue weighted by molar-refractivity contribution is 9.10. The number of anilines is 1. The summed E-state index contributed by atoms with van der Waals surface area (Å²) in [4.78, 5) is 30.9. The number of rotatable bonds is 2. The molecule has 0 aliphatic heterocycles. The Kier molecular flexibility index (Phi) is 4.00. The van der Waals surface area contributed by atoms with Gasteiger partial charge in [0.05, 0.1) is 11.1 Å². The van der Waals surface area contributed by atoms with E-state index < -0.39 is 0 Å². The quantitative estimate of drug-likeness (QED) is 0.676. The van der Waals surface area contributed by atoms with Crippen molar-refractivity contribution in [1.29, 1.82) is 0 Å². The Morgan fingerprint density at radius 3 is 2.74 bits per heavy atom. The zero-order valence-corrected chi connectivity index (χ0v) is 14.2. The number of fused-ring (bicyclic) bond motifs is 1. The van der Waals surface area contributed by atoms with Crippen molar-refractivity contribution in [2.24, 2.45) is 0 Å². The first-order chi connectivity index (χ1) is 11.0. The summed E-state index contributed by atoms with van der Waals surface area (Å²) in [5.41, 5.74) is 3.55. The lowest BCUT2D eigenvalue weighted by Crippen LogP contribution is -2.13. The van der Waals surface area contributed by atoms with Crippen LogP contribution in [0.3, 0.4) is 0 Å². The van der Waals surface area contributed by atoms with E-state index in [0.29, 0.717) is 15.9 Å². The van der Waals surface area contributed by atoms with Crippen LogP contribution in [0.2, 0.25) is 0 Å². The number of nitrogens with one attached hydrogen (secondary N) is 2. The van der Waals surface area contributed by atoms with Crippen molar-refractivity contribution < 1.29 is 4.79 Å². The van der Waals surface area contributed by atoms with E-state index in [9.17, 15) is 9.59 Å².